The van der Waals surface area contributed by atoms with Crippen LogP contribution in [-0.2, 0) is 6.54 Å². The lowest BCUT2D eigenvalue weighted by Gasteiger charge is -2.11. The summed E-state index contributed by atoms with van der Waals surface area (Å²) in [5, 5.41) is 3.64. The number of carbonyl (C=O) groups is 1. The van der Waals surface area contributed by atoms with Crippen molar-refractivity contribution in [3.8, 4) is 22.5 Å². The number of hydrogen-bond donors (Lipinski definition) is 1. The molecule has 1 aliphatic rings. The fourth-order valence-electron chi connectivity index (χ4n) is 3.65. The van der Waals surface area contributed by atoms with Gasteiger partial charge in [-0.3, -0.25) is 4.79 Å². The van der Waals surface area contributed by atoms with Gasteiger partial charge < -0.3 is 9.88 Å². The number of rotatable bonds is 4. The van der Waals surface area contributed by atoms with E-state index in [4.69, 9.17) is 4.98 Å². The molecule has 0 aliphatic carbocycles. The van der Waals surface area contributed by atoms with Gasteiger partial charge in [0.25, 0.3) is 5.91 Å². The average Bonchev–Trinajstić information content (AvgIpc) is 3.37. The summed E-state index contributed by atoms with van der Waals surface area (Å²) in [4.78, 5) is 21.6. The van der Waals surface area contributed by atoms with Crippen LogP contribution in [0.15, 0.2) is 66.0 Å². The second-order valence-corrected chi connectivity index (χ2v) is 8.51. The zero-order valence-electron chi connectivity index (χ0n) is 17.1. The third-order valence-corrected chi connectivity index (χ3v) is 6.26. The zero-order chi connectivity index (χ0) is 22.2. The summed E-state index contributed by atoms with van der Waals surface area (Å²) < 4.78 is 29.4. The lowest BCUT2D eigenvalue weighted by molar-refractivity contribution is 0.102. The van der Waals surface area contributed by atoms with E-state index in [0.29, 0.717) is 11.4 Å². The molecule has 32 heavy (non-hydrogen) atoms. The molecule has 1 amide bonds. The third kappa shape index (κ3) is 3.78. The quantitative estimate of drug-likeness (QED) is 0.444. The molecule has 1 N–H and O–H groups in total. The summed E-state index contributed by atoms with van der Waals surface area (Å²) in [6.45, 7) is 2.44. The first-order chi connectivity index (χ1) is 15.5. The Morgan fingerprint density at radius 2 is 1.88 bits per heavy atom. The molecule has 0 unspecified atom stereocenters. The van der Waals surface area contributed by atoms with Crippen LogP contribution in [0, 0.1) is 18.6 Å². The van der Waals surface area contributed by atoms with E-state index in [-0.39, 0.29) is 11.4 Å². The first-order valence-electron chi connectivity index (χ1n) is 10.0. The highest BCUT2D eigenvalue weighted by molar-refractivity contribution is 7.99. The third-order valence-electron chi connectivity index (χ3n) is 5.31. The molecule has 0 atom stereocenters. The highest BCUT2D eigenvalue weighted by Gasteiger charge is 2.24. The molecule has 5 rings (SSSR count). The maximum absolute atomic E-state index is 13.9. The molecule has 0 fully saturated rings. The van der Waals surface area contributed by atoms with Gasteiger partial charge in [0.05, 0.1) is 11.4 Å². The number of aryl methyl sites for hydroxylation is 1. The Labute approximate surface area is 187 Å². The van der Waals surface area contributed by atoms with Crippen LogP contribution in [-0.4, -0.2) is 26.2 Å². The van der Waals surface area contributed by atoms with Crippen LogP contribution in [0.5, 0.6) is 0 Å². The SMILES string of the molecule is Cc1ccc(C(=O)Nc2cc(-c3c(-c4ccc(F)cc4)nc4n3CCS4)ccn2)cc1F. The smallest absolute Gasteiger partial charge is 0.256 e. The molecule has 8 heteroatoms. The highest BCUT2D eigenvalue weighted by Crippen LogP contribution is 2.39. The van der Waals surface area contributed by atoms with Gasteiger partial charge in [0.15, 0.2) is 5.16 Å². The van der Waals surface area contributed by atoms with Crippen LogP contribution in [0.4, 0.5) is 14.6 Å². The van der Waals surface area contributed by atoms with E-state index in [1.54, 1.807) is 55.2 Å². The van der Waals surface area contributed by atoms with Gasteiger partial charge >= 0.3 is 0 Å². The van der Waals surface area contributed by atoms with Crippen molar-refractivity contribution in [2.45, 2.75) is 18.6 Å². The number of pyridine rings is 1. The summed E-state index contributed by atoms with van der Waals surface area (Å²) in [7, 11) is 0. The summed E-state index contributed by atoms with van der Waals surface area (Å²) in [5.41, 5.74) is 3.95. The predicted octanol–water partition coefficient (Wildman–Crippen LogP) is 5.56. The van der Waals surface area contributed by atoms with Gasteiger partial charge in [0, 0.05) is 35.2 Å². The molecule has 0 radical (unpaired) electrons. The fraction of sp³-hybridized carbons (Fsp3) is 0.125. The van der Waals surface area contributed by atoms with E-state index in [9.17, 15) is 13.6 Å². The molecule has 0 spiro atoms. The van der Waals surface area contributed by atoms with Crippen LogP contribution in [0.25, 0.3) is 22.5 Å². The maximum atomic E-state index is 13.9. The number of nitrogens with one attached hydrogen (secondary N) is 1. The molecule has 0 bridgehead atoms. The number of benzene rings is 2. The molecule has 0 saturated heterocycles. The van der Waals surface area contributed by atoms with Crippen LogP contribution >= 0.6 is 11.8 Å². The minimum absolute atomic E-state index is 0.217. The van der Waals surface area contributed by atoms with E-state index in [2.05, 4.69) is 14.9 Å². The van der Waals surface area contributed by atoms with Crippen LogP contribution in [0.1, 0.15) is 15.9 Å². The average molecular weight is 448 g/mol. The summed E-state index contributed by atoms with van der Waals surface area (Å²) >= 11 is 1.67. The number of carbonyl (C=O) groups excluding carboxylic acids is 1. The van der Waals surface area contributed by atoms with Crippen LogP contribution in [0.3, 0.4) is 0 Å². The minimum Gasteiger partial charge on any atom is -0.318 e. The fourth-order valence-corrected chi connectivity index (χ4v) is 4.60. The summed E-state index contributed by atoms with van der Waals surface area (Å²) in [5.74, 6) is 0.0850. The molecule has 5 nitrogen and oxygen atoms in total. The van der Waals surface area contributed by atoms with Crippen molar-refractivity contribution < 1.29 is 13.6 Å². The zero-order valence-corrected chi connectivity index (χ0v) is 17.9. The Bertz CT molecular complexity index is 1330. The number of fused-ring (bicyclic) bond motifs is 1. The number of halogens is 2. The molecule has 0 saturated carbocycles. The molecule has 160 valence electrons. The van der Waals surface area contributed by atoms with Crippen LogP contribution < -0.4 is 5.32 Å². The maximum Gasteiger partial charge on any atom is 0.256 e. The topological polar surface area (TPSA) is 59.8 Å². The van der Waals surface area contributed by atoms with E-state index in [0.717, 1.165) is 40.0 Å². The molecular weight excluding hydrogens is 430 g/mol. The van der Waals surface area contributed by atoms with Crippen molar-refractivity contribution in [3.63, 3.8) is 0 Å². The minimum atomic E-state index is -0.443. The second-order valence-electron chi connectivity index (χ2n) is 7.45. The number of anilines is 1. The Morgan fingerprint density at radius 3 is 2.66 bits per heavy atom. The van der Waals surface area contributed by atoms with Crippen LogP contribution in [0.2, 0.25) is 0 Å². The van der Waals surface area contributed by atoms with Gasteiger partial charge in [-0.15, -0.1) is 0 Å². The first kappa shape index (κ1) is 20.4. The van der Waals surface area contributed by atoms with E-state index in [1.165, 1.54) is 18.2 Å². The summed E-state index contributed by atoms with van der Waals surface area (Å²) in [6, 6.07) is 14.2. The lowest BCUT2D eigenvalue weighted by Crippen LogP contribution is -2.13. The van der Waals surface area contributed by atoms with Crippen molar-refractivity contribution in [1.29, 1.82) is 0 Å². The number of thioether (sulfide) groups is 1. The van der Waals surface area contributed by atoms with Crippen molar-refractivity contribution in [1.82, 2.24) is 14.5 Å². The molecule has 1 aliphatic heterocycles. The van der Waals surface area contributed by atoms with E-state index in [1.807, 2.05) is 6.07 Å². The number of amides is 1. The van der Waals surface area contributed by atoms with Gasteiger partial charge in [-0.2, -0.15) is 0 Å². The van der Waals surface area contributed by atoms with E-state index >= 15 is 0 Å². The van der Waals surface area contributed by atoms with Gasteiger partial charge in [-0.05, 0) is 61.0 Å². The van der Waals surface area contributed by atoms with Gasteiger partial charge in [0.2, 0.25) is 0 Å². The highest BCUT2D eigenvalue weighted by atomic mass is 32.2. The number of hydrogen-bond acceptors (Lipinski definition) is 4. The first-order valence-corrected chi connectivity index (χ1v) is 11.0. The monoisotopic (exact) mass is 448 g/mol. The lowest BCUT2D eigenvalue weighted by atomic mass is 10.1. The normalized spacial score (nSPS) is 12.6. The molecule has 2 aromatic heterocycles. The summed E-state index contributed by atoms with van der Waals surface area (Å²) in [6.07, 6.45) is 1.61. The van der Waals surface area contributed by atoms with Crippen molar-refractivity contribution in [3.05, 3.63) is 83.6 Å². The van der Waals surface area contributed by atoms with Crippen molar-refractivity contribution in [2.24, 2.45) is 0 Å². The Kier molecular flexibility index (Phi) is 5.22. The molecule has 3 heterocycles. The Morgan fingerprint density at radius 1 is 1.06 bits per heavy atom. The standard InChI is InChI=1S/C24H18F2N4OS/c1-14-2-3-17(12-19(14)26)23(31)28-20-13-16(8-9-27-20)22-21(15-4-6-18(25)7-5-15)29-24-30(22)10-11-32-24/h2-9,12-13H,10-11H2,1H3,(H,27,28,31). The molecule has 2 aromatic carbocycles. The largest absolute Gasteiger partial charge is 0.318 e. The number of aromatic nitrogens is 3. The second kappa shape index (κ2) is 8.20. The number of nitrogens with zero attached hydrogens (tertiary/aromatic N) is 3. The van der Waals surface area contributed by atoms with Gasteiger partial charge in [-0.1, -0.05) is 17.8 Å². The van der Waals surface area contributed by atoms with Crippen molar-refractivity contribution in [2.75, 3.05) is 11.1 Å². The Balaban J connectivity index is 1.51. The van der Waals surface area contributed by atoms with Gasteiger partial charge in [0.1, 0.15) is 17.5 Å². The number of imidazole rings is 1. The van der Waals surface area contributed by atoms with Crippen molar-refractivity contribution >= 4 is 23.5 Å². The molecule has 4 aromatic rings. The Hall–Kier alpha value is -3.52. The predicted molar refractivity (Wildman–Crippen MR) is 121 cm³/mol. The molecular formula is C24H18F2N4OS. The van der Waals surface area contributed by atoms with Gasteiger partial charge in [-0.25, -0.2) is 18.7 Å². The van der Waals surface area contributed by atoms with E-state index < -0.39 is 11.7 Å².